The third-order valence-corrected chi connectivity index (χ3v) is 1.73. The van der Waals surface area contributed by atoms with Crippen molar-refractivity contribution >= 4 is 0 Å². The topological polar surface area (TPSA) is 21.3 Å². The molecule has 0 bridgehead atoms. The van der Waals surface area contributed by atoms with Crippen molar-refractivity contribution < 1.29 is 13.6 Å². The van der Waals surface area contributed by atoms with Crippen molar-refractivity contribution in [1.29, 1.82) is 0 Å². The summed E-state index contributed by atoms with van der Waals surface area (Å²) in [4.78, 5) is 4.91. The van der Waals surface area contributed by atoms with Gasteiger partial charge in [0, 0.05) is 0 Å². The number of nitrogens with one attached hydrogen (secondary N) is 1. The zero-order valence-corrected chi connectivity index (χ0v) is 7.91. The van der Waals surface area contributed by atoms with Gasteiger partial charge in [-0.3, -0.25) is 4.84 Å². The van der Waals surface area contributed by atoms with Gasteiger partial charge in [0.1, 0.15) is 0 Å². The molecule has 1 unspecified atom stereocenters. The van der Waals surface area contributed by atoms with Gasteiger partial charge < -0.3 is 0 Å². The first-order chi connectivity index (χ1) is 6.70. The summed E-state index contributed by atoms with van der Waals surface area (Å²) in [6.07, 6.45) is -2.41. The Kier molecular flexibility index (Phi) is 4.49. The zero-order valence-electron chi connectivity index (χ0n) is 7.91. The summed E-state index contributed by atoms with van der Waals surface area (Å²) in [6, 6.07) is 8.42. The van der Waals surface area contributed by atoms with Crippen LogP contribution in [0.25, 0.3) is 0 Å². The van der Waals surface area contributed by atoms with Crippen molar-refractivity contribution in [3.8, 4) is 0 Å². The predicted molar refractivity (Wildman–Crippen MR) is 49.8 cm³/mol. The van der Waals surface area contributed by atoms with Crippen molar-refractivity contribution in [1.82, 2.24) is 5.48 Å². The minimum atomic E-state index is -2.41. The molecule has 1 aromatic carbocycles. The van der Waals surface area contributed by atoms with Crippen LogP contribution in [0.15, 0.2) is 30.3 Å². The fraction of sp³-hybridized carbons (Fsp3) is 0.400. The first-order valence-corrected chi connectivity index (χ1v) is 4.39. The molecule has 0 amide bonds. The van der Waals surface area contributed by atoms with Crippen LogP contribution in [0.5, 0.6) is 0 Å². The van der Waals surface area contributed by atoms with Gasteiger partial charge in [-0.2, -0.15) is 5.48 Å². The molecule has 14 heavy (non-hydrogen) atoms. The van der Waals surface area contributed by atoms with Crippen molar-refractivity contribution in [3.05, 3.63) is 35.9 Å². The van der Waals surface area contributed by atoms with Crippen LogP contribution >= 0.6 is 0 Å². The van der Waals surface area contributed by atoms with E-state index in [4.69, 9.17) is 4.84 Å². The summed E-state index contributed by atoms with van der Waals surface area (Å²) >= 11 is 0. The van der Waals surface area contributed by atoms with Gasteiger partial charge >= 0.3 is 0 Å². The molecule has 1 N–H and O–H groups in total. The summed E-state index contributed by atoms with van der Waals surface area (Å²) in [5.41, 5.74) is 3.23. The summed E-state index contributed by atoms with van der Waals surface area (Å²) in [7, 11) is 0. The van der Waals surface area contributed by atoms with Crippen molar-refractivity contribution in [3.63, 3.8) is 0 Å². The molecule has 4 heteroatoms. The first-order valence-electron chi connectivity index (χ1n) is 4.39. The number of halogens is 2. The minimum Gasteiger partial charge on any atom is -0.297 e. The molecule has 1 aromatic rings. The lowest BCUT2D eigenvalue weighted by Crippen LogP contribution is -2.32. The Morgan fingerprint density at radius 1 is 1.29 bits per heavy atom. The van der Waals surface area contributed by atoms with Gasteiger partial charge in [0.15, 0.2) is 0 Å². The van der Waals surface area contributed by atoms with E-state index >= 15 is 0 Å². The Balaban J connectivity index is 2.22. The molecule has 0 aliphatic heterocycles. The molecule has 0 spiro atoms. The SMILES string of the molecule is CC(NOCc1ccccc1)C(F)F. The fourth-order valence-corrected chi connectivity index (χ4v) is 0.882. The van der Waals surface area contributed by atoms with Gasteiger partial charge in [0.25, 0.3) is 6.43 Å². The molecule has 0 aliphatic carbocycles. The minimum absolute atomic E-state index is 0.290. The molecule has 78 valence electrons. The fourth-order valence-electron chi connectivity index (χ4n) is 0.882. The smallest absolute Gasteiger partial charge is 0.255 e. The molecule has 1 atom stereocenters. The largest absolute Gasteiger partial charge is 0.297 e. The highest BCUT2D eigenvalue weighted by Crippen LogP contribution is 2.02. The molecule has 2 nitrogen and oxygen atoms in total. The normalized spacial score (nSPS) is 13.1. The second kappa shape index (κ2) is 5.67. The molecular weight excluding hydrogens is 188 g/mol. The third kappa shape index (κ3) is 3.81. The van der Waals surface area contributed by atoms with Gasteiger partial charge in [-0.25, -0.2) is 8.78 Å². The van der Waals surface area contributed by atoms with Crippen LogP contribution in [0.1, 0.15) is 12.5 Å². The van der Waals surface area contributed by atoms with E-state index in [-0.39, 0.29) is 6.61 Å². The van der Waals surface area contributed by atoms with Crippen LogP contribution < -0.4 is 5.48 Å². The molecule has 0 aromatic heterocycles. The maximum Gasteiger partial charge on any atom is 0.255 e. The van der Waals surface area contributed by atoms with Crippen molar-refractivity contribution in [2.24, 2.45) is 0 Å². The van der Waals surface area contributed by atoms with Crippen LogP contribution in [-0.4, -0.2) is 12.5 Å². The first kappa shape index (κ1) is 11.1. The van der Waals surface area contributed by atoms with Crippen molar-refractivity contribution in [2.75, 3.05) is 0 Å². The number of hydrogen-bond donors (Lipinski definition) is 1. The van der Waals surface area contributed by atoms with Gasteiger partial charge in [0.05, 0.1) is 12.6 Å². The average molecular weight is 201 g/mol. The van der Waals surface area contributed by atoms with Crippen LogP contribution in [0.3, 0.4) is 0 Å². The second-order valence-electron chi connectivity index (χ2n) is 3.02. The Labute approximate surface area is 81.8 Å². The van der Waals surface area contributed by atoms with Gasteiger partial charge in [-0.05, 0) is 12.5 Å². The van der Waals surface area contributed by atoms with E-state index in [1.54, 1.807) is 0 Å². The van der Waals surface area contributed by atoms with Gasteiger partial charge in [-0.15, -0.1) is 0 Å². The van der Waals surface area contributed by atoms with E-state index in [1.807, 2.05) is 30.3 Å². The Hall–Kier alpha value is -1.00. The zero-order chi connectivity index (χ0) is 10.4. The molecule has 0 fully saturated rings. The van der Waals surface area contributed by atoms with Crippen LogP contribution in [0, 0.1) is 0 Å². The Morgan fingerprint density at radius 2 is 1.93 bits per heavy atom. The van der Waals surface area contributed by atoms with E-state index in [9.17, 15) is 8.78 Å². The highest BCUT2D eigenvalue weighted by atomic mass is 19.3. The monoisotopic (exact) mass is 201 g/mol. The Bertz CT molecular complexity index is 254. The van der Waals surface area contributed by atoms with Crippen LogP contribution in [0.2, 0.25) is 0 Å². The van der Waals surface area contributed by atoms with E-state index in [1.165, 1.54) is 6.92 Å². The molecule has 0 radical (unpaired) electrons. The maximum atomic E-state index is 12.0. The second-order valence-corrected chi connectivity index (χ2v) is 3.02. The molecule has 1 rings (SSSR count). The van der Waals surface area contributed by atoms with E-state index < -0.39 is 12.5 Å². The van der Waals surface area contributed by atoms with Crippen molar-refractivity contribution in [2.45, 2.75) is 26.0 Å². The predicted octanol–water partition coefficient (Wildman–Crippen LogP) is 2.36. The highest BCUT2D eigenvalue weighted by Gasteiger charge is 2.13. The molecule has 0 saturated carbocycles. The third-order valence-electron chi connectivity index (χ3n) is 1.73. The number of alkyl halides is 2. The lowest BCUT2D eigenvalue weighted by atomic mass is 10.2. The molecule has 0 heterocycles. The quantitative estimate of drug-likeness (QED) is 0.738. The number of benzene rings is 1. The standard InChI is InChI=1S/C10H13F2NO/c1-8(10(11)12)13-14-7-9-5-3-2-4-6-9/h2-6,8,10,13H,7H2,1H3. The summed E-state index contributed by atoms with van der Waals surface area (Å²) in [5.74, 6) is 0. The summed E-state index contributed by atoms with van der Waals surface area (Å²) in [6.45, 7) is 1.66. The highest BCUT2D eigenvalue weighted by molar-refractivity contribution is 5.13. The molecular formula is C10H13F2NO. The number of rotatable bonds is 5. The Morgan fingerprint density at radius 3 is 2.50 bits per heavy atom. The maximum absolute atomic E-state index is 12.0. The van der Waals surface area contributed by atoms with E-state index in [2.05, 4.69) is 5.48 Å². The number of hydroxylamine groups is 1. The molecule has 0 aliphatic rings. The van der Waals surface area contributed by atoms with Crippen LogP contribution in [-0.2, 0) is 11.4 Å². The average Bonchev–Trinajstić information content (AvgIpc) is 2.19. The van der Waals surface area contributed by atoms with Gasteiger partial charge in [0.2, 0.25) is 0 Å². The lowest BCUT2D eigenvalue weighted by molar-refractivity contribution is -0.0366. The number of hydrogen-bond acceptors (Lipinski definition) is 2. The summed E-state index contributed by atoms with van der Waals surface area (Å²) < 4.78 is 24.0. The lowest BCUT2D eigenvalue weighted by Gasteiger charge is -2.12. The summed E-state index contributed by atoms with van der Waals surface area (Å²) in [5, 5.41) is 0. The van der Waals surface area contributed by atoms with E-state index in [0.717, 1.165) is 5.56 Å². The van der Waals surface area contributed by atoms with Crippen LogP contribution in [0.4, 0.5) is 8.78 Å². The molecule has 0 saturated heterocycles. The van der Waals surface area contributed by atoms with Gasteiger partial charge in [-0.1, -0.05) is 30.3 Å². The van der Waals surface area contributed by atoms with E-state index in [0.29, 0.717) is 0 Å².